The lowest BCUT2D eigenvalue weighted by molar-refractivity contribution is 0.102. The van der Waals surface area contributed by atoms with Crippen LogP contribution in [0.25, 0.3) is 11.3 Å². The predicted octanol–water partition coefficient (Wildman–Crippen LogP) is 5.27. The van der Waals surface area contributed by atoms with Crippen molar-refractivity contribution in [1.82, 2.24) is 4.98 Å². The first-order valence-electron chi connectivity index (χ1n) is 10.6. The number of anilines is 2. The van der Waals surface area contributed by atoms with E-state index in [0.717, 1.165) is 17.0 Å². The van der Waals surface area contributed by atoms with Gasteiger partial charge in [0.15, 0.2) is 5.13 Å². The van der Waals surface area contributed by atoms with Crippen LogP contribution in [0.5, 0.6) is 11.5 Å². The van der Waals surface area contributed by atoms with E-state index in [2.05, 4.69) is 15.0 Å². The van der Waals surface area contributed by atoms with Crippen LogP contribution in [-0.2, 0) is 10.0 Å². The molecule has 8 nitrogen and oxygen atoms in total. The molecule has 0 aliphatic heterocycles. The Kier molecular flexibility index (Phi) is 7.33. The normalized spacial score (nSPS) is 11.0. The second kappa shape index (κ2) is 10.6. The highest BCUT2D eigenvalue weighted by Crippen LogP contribution is 2.27. The first-order chi connectivity index (χ1) is 16.9. The number of carbonyl (C=O) groups is 1. The third kappa shape index (κ3) is 5.97. The molecule has 35 heavy (non-hydrogen) atoms. The van der Waals surface area contributed by atoms with Crippen molar-refractivity contribution in [1.29, 1.82) is 0 Å². The Morgan fingerprint density at radius 1 is 1.00 bits per heavy atom. The Morgan fingerprint density at radius 2 is 1.71 bits per heavy atom. The number of rotatable bonds is 9. The molecule has 0 fully saturated rings. The Balaban J connectivity index is 1.44. The zero-order chi connectivity index (χ0) is 24.8. The molecule has 0 aliphatic carbocycles. The lowest BCUT2D eigenvalue weighted by atomic mass is 10.2. The summed E-state index contributed by atoms with van der Waals surface area (Å²) in [7, 11) is -2.33. The number of methoxy groups -OCH3 is 1. The van der Waals surface area contributed by atoms with E-state index in [1.165, 1.54) is 36.6 Å². The lowest BCUT2D eigenvalue weighted by Gasteiger charge is -2.10. The molecule has 2 N–H and O–H groups in total. The molecule has 0 radical (unpaired) electrons. The number of thiazole rings is 1. The molecular formula is C25H23N3O5S2. The number of nitrogens with zero attached hydrogens (tertiary/aromatic N) is 1. The molecule has 4 aromatic rings. The molecule has 0 bridgehead atoms. The number of ether oxygens (including phenoxy) is 2. The van der Waals surface area contributed by atoms with E-state index in [0.29, 0.717) is 17.5 Å². The number of sulfonamides is 1. The molecule has 10 heteroatoms. The van der Waals surface area contributed by atoms with Gasteiger partial charge in [0.2, 0.25) is 0 Å². The molecule has 4 rings (SSSR count). The van der Waals surface area contributed by atoms with Gasteiger partial charge in [0.05, 0.1) is 24.3 Å². The van der Waals surface area contributed by atoms with Gasteiger partial charge in [0.25, 0.3) is 15.9 Å². The van der Waals surface area contributed by atoms with Crippen LogP contribution in [0.4, 0.5) is 10.8 Å². The fraction of sp³-hybridized carbons (Fsp3) is 0.120. The number of amides is 1. The molecule has 0 unspecified atom stereocenters. The van der Waals surface area contributed by atoms with E-state index in [-0.39, 0.29) is 16.1 Å². The quantitative estimate of drug-likeness (QED) is 0.318. The Bertz CT molecular complexity index is 1420. The lowest BCUT2D eigenvalue weighted by Crippen LogP contribution is -2.15. The predicted molar refractivity (Wildman–Crippen MR) is 137 cm³/mol. The van der Waals surface area contributed by atoms with Crippen LogP contribution in [0, 0.1) is 0 Å². The summed E-state index contributed by atoms with van der Waals surface area (Å²) in [6.45, 7) is 2.52. The highest BCUT2D eigenvalue weighted by atomic mass is 32.2. The summed E-state index contributed by atoms with van der Waals surface area (Å²) in [5, 5.41) is 5.05. The number of aromatic nitrogens is 1. The third-order valence-electron chi connectivity index (χ3n) is 4.93. The van der Waals surface area contributed by atoms with Crippen molar-refractivity contribution >= 4 is 38.1 Å². The van der Waals surface area contributed by atoms with Crippen molar-refractivity contribution in [3.63, 3.8) is 0 Å². The Labute approximate surface area is 207 Å². The van der Waals surface area contributed by atoms with Crippen molar-refractivity contribution in [3.8, 4) is 22.8 Å². The van der Waals surface area contributed by atoms with Gasteiger partial charge in [-0.1, -0.05) is 6.07 Å². The van der Waals surface area contributed by atoms with Crippen LogP contribution >= 0.6 is 11.3 Å². The van der Waals surface area contributed by atoms with E-state index >= 15 is 0 Å². The van der Waals surface area contributed by atoms with Crippen LogP contribution in [0.15, 0.2) is 83.1 Å². The van der Waals surface area contributed by atoms with Gasteiger partial charge in [-0.3, -0.25) is 14.8 Å². The molecular weight excluding hydrogens is 486 g/mol. The van der Waals surface area contributed by atoms with Gasteiger partial charge in [-0.15, -0.1) is 11.3 Å². The van der Waals surface area contributed by atoms with Crippen molar-refractivity contribution in [3.05, 3.63) is 83.7 Å². The maximum Gasteiger partial charge on any atom is 0.261 e. The van der Waals surface area contributed by atoms with E-state index in [4.69, 9.17) is 9.47 Å². The molecule has 0 spiro atoms. The number of benzene rings is 3. The number of hydrogen-bond acceptors (Lipinski definition) is 7. The zero-order valence-corrected chi connectivity index (χ0v) is 20.7. The average molecular weight is 510 g/mol. The van der Waals surface area contributed by atoms with E-state index in [9.17, 15) is 13.2 Å². The van der Waals surface area contributed by atoms with Crippen LogP contribution in [0.1, 0.15) is 17.3 Å². The topological polar surface area (TPSA) is 107 Å². The molecule has 0 atom stereocenters. The Hall–Kier alpha value is -3.89. The van der Waals surface area contributed by atoms with Gasteiger partial charge in [-0.25, -0.2) is 13.4 Å². The first kappa shape index (κ1) is 24.2. The SMILES string of the molecule is CCOc1ccc(-c2csc(NC(=O)c3cccc(NS(=O)(=O)c4ccc(OC)cc4)c3)n2)cc1. The van der Waals surface area contributed by atoms with Gasteiger partial charge in [0, 0.05) is 22.2 Å². The molecule has 0 aliphatic rings. The third-order valence-corrected chi connectivity index (χ3v) is 7.09. The van der Waals surface area contributed by atoms with Crippen molar-refractivity contribution in [2.24, 2.45) is 0 Å². The molecule has 180 valence electrons. The fourth-order valence-corrected chi connectivity index (χ4v) is 4.98. The van der Waals surface area contributed by atoms with Crippen LogP contribution < -0.4 is 19.5 Å². The van der Waals surface area contributed by atoms with Crippen molar-refractivity contribution in [2.75, 3.05) is 23.8 Å². The van der Waals surface area contributed by atoms with Crippen molar-refractivity contribution in [2.45, 2.75) is 11.8 Å². The molecule has 1 heterocycles. The summed E-state index contributed by atoms with van der Waals surface area (Å²) in [4.78, 5) is 17.3. The number of nitrogens with one attached hydrogen (secondary N) is 2. The molecule has 1 amide bonds. The smallest absolute Gasteiger partial charge is 0.261 e. The number of hydrogen-bond donors (Lipinski definition) is 2. The highest BCUT2D eigenvalue weighted by molar-refractivity contribution is 7.92. The maximum atomic E-state index is 12.8. The Morgan fingerprint density at radius 3 is 2.40 bits per heavy atom. The monoisotopic (exact) mass is 509 g/mol. The van der Waals surface area contributed by atoms with Crippen LogP contribution in [0.3, 0.4) is 0 Å². The van der Waals surface area contributed by atoms with E-state index in [1.54, 1.807) is 30.3 Å². The van der Waals surface area contributed by atoms with Gasteiger partial charge in [-0.05, 0) is 73.7 Å². The fourth-order valence-electron chi connectivity index (χ4n) is 3.21. The van der Waals surface area contributed by atoms with E-state index < -0.39 is 15.9 Å². The minimum absolute atomic E-state index is 0.0813. The molecule has 0 saturated heterocycles. The zero-order valence-electron chi connectivity index (χ0n) is 19.0. The second-order valence-corrected chi connectivity index (χ2v) is 9.85. The summed E-state index contributed by atoms with van der Waals surface area (Å²) >= 11 is 1.30. The largest absolute Gasteiger partial charge is 0.497 e. The second-order valence-electron chi connectivity index (χ2n) is 7.31. The van der Waals surface area contributed by atoms with Gasteiger partial charge in [-0.2, -0.15) is 0 Å². The minimum atomic E-state index is -3.83. The molecule has 1 aromatic heterocycles. The standard InChI is InChI=1S/C25H23N3O5S2/c1-3-33-21-9-7-17(8-10-21)23-16-34-25(26-23)27-24(29)18-5-4-6-19(15-18)28-35(30,31)22-13-11-20(32-2)12-14-22/h4-16,28H,3H2,1-2H3,(H,26,27,29). The summed E-state index contributed by atoms with van der Waals surface area (Å²) in [6.07, 6.45) is 0. The highest BCUT2D eigenvalue weighted by Gasteiger charge is 2.16. The number of carbonyl (C=O) groups excluding carboxylic acids is 1. The van der Waals surface area contributed by atoms with Gasteiger partial charge in [0.1, 0.15) is 11.5 Å². The van der Waals surface area contributed by atoms with Crippen LogP contribution in [-0.4, -0.2) is 33.0 Å². The average Bonchev–Trinajstić information content (AvgIpc) is 3.33. The minimum Gasteiger partial charge on any atom is -0.497 e. The van der Waals surface area contributed by atoms with Gasteiger partial charge >= 0.3 is 0 Å². The molecule has 0 saturated carbocycles. The summed E-state index contributed by atoms with van der Waals surface area (Å²) < 4.78 is 38.4. The van der Waals surface area contributed by atoms with Crippen LogP contribution in [0.2, 0.25) is 0 Å². The first-order valence-corrected chi connectivity index (χ1v) is 13.0. The summed E-state index contributed by atoms with van der Waals surface area (Å²) in [5.74, 6) is 0.932. The summed E-state index contributed by atoms with van der Waals surface area (Å²) in [6, 6.07) is 19.8. The summed E-state index contributed by atoms with van der Waals surface area (Å²) in [5.41, 5.74) is 2.19. The van der Waals surface area contributed by atoms with Crippen molar-refractivity contribution < 1.29 is 22.7 Å². The maximum absolute atomic E-state index is 12.8. The molecule has 3 aromatic carbocycles. The van der Waals surface area contributed by atoms with E-state index in [1.807, 2.05) is 36.6 Å². The van der Waals surface area contributed by atoms with Gasteiger partial charge < -0.3 is 9.47 Å².